The van der Waals surface area contributed by atoms with Crippen LogP contribution in [0.5, 0.6) is 0 Å². The number of thiophene rings is 1. The molecule has 3 aromatic rings. The third-order valence-electron chi connectivity index (χ3n) is 3.88. The Morgan fingerprint density at radius 1 is 1.17 bits per heavy atom. The summed E-state index contributed by atoms with van der Waals surface area (Å²) in [6.07, 6.45) is 3.58. The molecular weight excluding hydrogens is 306 g/mol. The van der Waals surface area contributed by atoms with Crippen LogP contribution in [0.1, 0.15) is 30.0 Å². The highest BCUT2D eigenvalue weighted by atomic mass is 32.1. The van der Waals surface area contributed by atoms with Gasteiger partial charge in [-0.2, -0.15) is 5.10 Å². The maximum Gasteiger partial charge on any atom is 0.0794 e. The van der Waals surface area contributed by atoms with Crippen LogP contribution in [0.2, 0.25) is 0 Å². The molecule has 5 heteroatoms. The molecule has 0 saturated carbocycles. The number of aromatic amines is 1. The predicted octanol–water partition coefficient (Wildman–Crippen LogP) is 3.74. The zero-order valence-corrected chi connectivity index (χ0v) is 13.7. The van der Waals surface area contributed by atoms with Crippen LogP contribution < -0.4 is 5.32 Å². The van der Waals surface area contributed by atoms with Crippen molar-refractivity contribution in [3.05, 3.63) is 65.2 Å². The first kappa shape index (κ1) is 15.9. The zero-order valence-electron chi connectivity index (χ0n) is 12.9. The topological polar surface area (TPSA) is 60.9 Å². The Kier molecular flexibility index (Phi) is 5.58. The van der Waals surface area contributed by atoms with Crippen LogP contribution in [0.15, 0.2) is 54.0 Å². The van der Waals surface area contributed by atoms with Gasteiger partial charge in [-0.15, -0.1) is 11.3 Å². The molecule has 120 valence electrons. The quantitative estimate of drug-likeness (QED) is 0.590. The van der Waals surface area contributed by atoms with Gasteiger partial charge >= 0.3 is 0 Å². The summed E-state index contributed by atoms with van der Waals surface area (Å²) in [5.41, 5.74) is 3.50. The molecule has 1 aromatic carbocycles. The molecule has 0 saturated heterocycles. The maximum absolute atomic E-state index is 9.14. The monoisotopic (exact) mass is 327 g/mol. The first-order valence-electron chi connectivity index (χ1n) is 7.84. The second kappa shape index (κ2) is 8.06. The third-order valence-corrected chi connectivity index (χ3v) is 4.76. The fraction of sp³-hybridized carbons (Fsp3) is 0.278. The molecule has 0 aliphatic carbocycles. The summed E-state index contributed by atoms with van der Waals surface area (Å²) in [4.78, 5) is 1.20. The summed E-state index contributed by atoms with van der Waals surface area (Å²) in [5, 5.41) is 22.1. The fourth-order valence-corrected chi connectivity index (χ4v) is 3.44. The summed E-state index contributed by atoms with van der Waals surface area (Å²) in [6, 6.07) is 14.8. The van der Waals surface area contributed by atoms with Crippen LogP contribution in [-0.2, 0) is 6.54 Å². The van der Waals surface area contributed by atoms with Gasteiger partial charge in [-0.3, -0.25) is 5.10 Å². The van der Waals surface area contributed by atoms with Gasteiger partial charge in [-0.25, -0.2) is 0 Å². The smallest absolute Gasteiger partial charge is 0.0794 e. The average molecular weight is 327 g/mol. The van der Waals surface area contributed by atoms with Crippen LogP contribution in [-0.4, -0.2) is 21.9 Å². The molecule has 1 unspecified atom stereocenters. The highest BCUT2D eigenvalue weighted by molar-refractivity contribution is 7.13. The van der Waals surface area contributed by atoms with Gasteiger partial charge in [0.25, 0.3) is 0 Å². The van der Waals surface area contributed by atoms with E-state index in [1.165, 1.54) is 10.4 Å². The van der Waals surface area contributed by atoms with Crippen molar-refractivity contribution >= 4 is 11.3 Å². The number of hydrogen-bond acceptors (Lipinski definition) is 4. The molecule has 4 nitrogen and oxygen atoms in total. The van der Waals surface area contributed by atoms with Gasteiger partial charge < -0.3 is 10.4 Å². The lowest BCUT2D eigenvalue weighted by molar-refractivity contribution is 0.275. The van der Waals surface area contributed by atoms with E-state index in [2.05, 4.69) is 51.2 Å². The van der Waals surface area contributed by atoms with Gasteiger partial charge in [0, 0.05) is 24.8 Å². The Bertz CT molecular complexity index is 694. The minimum atomic E-state index is 0.219. The number of hydrogen-bond donors (Lipinski definition) is 3. The minimum absolute atomic E-state index is 0.219. The first-order valence-corrected chi connectivity index (χ1v) is 8.71. The Morgan fingerprint density at radius 3 is 2.78 bits per heavy atom. The molecule has 0 fully saturated rings. The highest BCUT2D eigenvalue weighted by Gasteiger charge is 2.13. The molecule has 3 N–H and O–H groups in total. The maximum atomic E-state index is 9.14. The van der Waals surface area contributed by atoms with Crippen molar-refractivity contribution in [1.82, 2.24) is 15.5 Å². The highest BCUT2D eigenvalue weighted by Crippen LogP contribution is 2.26. The molecule has 1 atom stereocenters. The molecule has 3 rings (SSSR count). The van der Waals surface area contributed by atoms with E-state index in [0.29, 0.717) is 0 Å². The van der Waals surface area contributed by atoms with E-state index < -0.39 is 0 Å². The largest absolute Gasteiger partial charge is 0.396 e. The van der Waals surface area contributed by atoms with Crippen molar-refractivity contribution in [2.24, 2.45) is 0 Å². The van der Waals surface area contributed by atoms with Crippen LogP contribution in [0.25, 0.3) is 10.6 Å². The average Bonchev–Trinajstić information content (AvgIpc) is 3.27. The number of aromatic nitrogens is 2. The van der Waals surface area contributed by atoms with Gasteiger partial charge in [0.05, 0.1) is 16.8 Å². The Hall–Kier alpha value is -1.95. The van der Waals surface area contributed by atoms with E-state index in [1.807, 2.05) is 18.3 Å². The van der Waals surface area contributed by atoms with Crippen LogP contribution >= 0.6 is 11.3 Å². The van der Waals surface area contributed by atoms with E-state index in [-0.39, 0.29) is 12.6 Å². The lowest BCUT2D eigenvalue weighted by atomic mass is 10.0. The summed E-state index contributed by atoms with van der Waals surface area (Å²) in [5.74, 6) is 0. The van der Waals surface area contributed by atoms with Gasteiger partial charge in [-0.1, -0.05) is 36.4 Å². The summed E-state index contributed by atoms with van der Waals surface area (Å²) in [7, 11) is 0. The first-order chi connectivity index (χ1) is 11.4. The number of nitrogens with zero attached hydrogens (tertiary/aromatic N) is 1. The van der Waals surface area contributed by atoms with Gasteiger partial charge in [-0.05, 0) is 29.9 Å². The van der Waals surface area contributed by atoms with Crippen molar-refractivity contribution in [1.29, 1.82) is 0 Å². The molecular formula is C18H21N3OS. The van der Waals surface area contributed by atoms with E-state index in [4.69, 9.17) is 5.11 Å². The zero-order chi connectivity index (χ0) is 15.9. The molecule has 0 spiro atoms. The summed E-state index contributed by atoms with van der Waals surface area (Å²) in [6.45, 7) is 0.964. The minimum Gasteiger partial charge on any atom is -0.396 e. The molecule has 0 aliphatic heterocycles. The van der Waals surface area contributed by atoms with Crippen molar-refractivity contribution in [3.63, 3.8) is 0 Å². The molecule has 2 aromatic heterocycles. The number of aliphatic hydroxyl groups is 1. The number of nitrogens with one attached hydrogen (secondary N) is 2. The standard InChI is InChI=1S/C18H21N3OS/c22-10-4-8-16(14-6-2-1-3-7-14)19-12-15-13-20-21-18(15)17-9-5-11-23-17/h1-3,5-7,9,11,13,16,19,22H,4,8,10,12H2,(H,20,21). The normalized spacial score (nSPS) is 12.4. The second-order valence-corrected chi connectivity index (χ2v) is 6.41. The number of benzene rings is 1. The van der Waals surface area contributed by atoms with E-state index in [1.54, 1.807) is 11.3 Å². The van der Waals surface area contributed by atoms with Gasteiger partial charge in [0.15, 0.2) is 0 Å². The number of rotatable bonds is 8. The third kappa shape index (κ3) is 4.07. The predicted molar refractivity (Wildman–Crippen MR) is 94.2 cm³/mol. The van der Waals surface area contributed by atoms with Crippen LogP contribution in [0, 0.1) is 0 Å². The lowest BCUT2D eigenvalue weighted by Gasteiger charge is -2.19. The lowest BCUT2D eigenvalue weighted by Crippen LogP contribution is -2.21. The Balaban J connectivity index is 1.71. The number of aliphatic hydroxyl groups excluding tert-OH is 1. The number of H-pyrrole nitrogens is 1. The molecule has 0 aliphatic rings. The molecule has 0 amide bonds. The Labute approximate surface area is 140 Å². The van der Waals surface area contributed by atoms with E-state index in [9.17, 15) is 0 Å². The molecule has 0 bridgehead atoms. The van der Waals surface area contributed by atoms with Crippen molar-refractivity contribution in [2.75, 3.05) is 6.61 Å². The van der Waals surface area contributed by atoms with Crippen LogP contribution in [0.4, 0.5) is 0 Å². The summed E-state index contributed by atoms with van der Waals surface area (Å²) < 4.78 is 0. The van der Waals surface area contributed by atoms with Crippen molar-refractivity contribution < 1.29 is 5.11 Å². The van der Waals surface area contributed by atoms with Crippen molar-refractivity contribution in [3.8, 4) is 10.6 Å². The van der Waals surface area contributed by atoms with E-state index in [0.717, 1.165) is 30.6 Å². The second-order valence-electron chi connectivity index (χ2n) is 5.46. The molecule has 2 heterocycles. The van der Waals surface area contributed by atoms with Crippen molar-refractivity contribution in [2.45, 2.75) is 25.4 Å². The van der Waals surface area contributed by atoms with Gasteiger partial charge in [0.2, 0.25) is 0 Å². The summed E-state index contributed by atoms with van der Waals surface area (Å²) >= 11 is 1.71. The Morgan fingerprint density at radius 2 is 2.04 bits per heavy atom. The van der Waals surface area contributed by atoms with E-state index >= 15 is 0 Å². The van der Waals surface area contributed by atoms with Crippen LogP contribution in [0.3, 0.4) is 0 Å². The van der Waals surface area contributed by atoms with Gasteiger partial charge in [0.1, 0.15) is 0 Å². The molecule has 23 heavy (non-hydrogen) atoms. The SMILES string of the molecule is OCCCC(NCc1cn[nH]c1-c1cccs1)c1ccccc1. The fourth-order valence-electron chi connectivity index (χ4n) is 2.68. The molecule has 0 radical (unpaired) electrons.